The van der Waals surface area contributed by atoms with Crippen LogP contribution in [0.15, 0.2) is 18.2 Å². The van der Waals surface area contributed by atoms with Gasteiger partial charge in [-0.15, -0.1) is 0 Å². The summed E-state index contributed by atoms with van der Waals surface area (Å²) < 4.78 is 37.3. The lowest BCUT2D eigenvalue weighted by Crippen LogP contribution is -2.16. The standard InChI is InChI=1S/C11H10F3NO2/c1-6-4-7(9(16)5-10(15)17)2-3-8(6)11(12,13)14/h2-4H,5H2,1H3,(H2,15,17). The fourth-order valence-electron chi connectivity index (χ4n) is 1.42. The highest BCUT2D eigenvalue weighted by atomic mass is 19.4. The van der Waals surface area contributed by atoms with Gasteiger partial charge in [0.2, 0.25) is 5.91 Å². The fraction of sp³-hybridized carbons (Fsp3) is 0.273. The molecule has 0 spiro atoms. The minimum Gasteiger partial charge on any atom is -0.369 e. The van der Waals surface area contributed by atoms with Gasteiger partial charge < -0.3 is 5.73 Å². The first-order valence-electron chi connectivity index (χ1n) is 4.71. The molecule has 0 heterocycles. The van der Waals surface area contributed by atoms with E-state index >= 15 is 0 Å². The van der Waals surface area contributed by atoms with Crippen molar-refractivity contribution >= 4 is 11.7 Å². The molecule has 0 aliphatic heterocycles. The van der Waals surface area contributed by atoms with Crippen molar-refractivity contribution in [2.24, 2.45) is 5.73 Å². The van der Waals surface area contributed by atoms with E-state index in [4.69, 9.17) is 5.73 Å². The molecule has 1 aromatic rings. The van der Waals surface area contributed by atoms with E-state index in [2.05, 4.69) is 0 Å². The maximum atomic E-state index is 12.4. The maximum absolute atomic E-state index is 12.4. The zero-order chi connectivity index (χ0) is 13.2. The summed E-state index contributed by atoms with van der Waals surface area (Å²) >= 11 is 0. The summed E-state index contributed by atoms with van der Waals surface area (Å²) in [6.45, 7) is 1.25. The lowest BCUT2D eigenvalue weighted by Gasteiger charge is -2.10. The van der Waals surface area contributed by atoms with Gasteiger partial charge in [0.1, 0.15) is 0 Å². The summed E-state index contributed by atoms with van der Waals surface area (Å²) in [6, 6.07) is 2.97. The number of alkyl halides is 3. The van der Waals surface area contributed by atoms with Crippen LogP contribution < -0.4 is 5.73 Å². The maximum Gasteiger partial charge on any atom is 0.416 e. The lowest BCUT2D eigenvalue weighted by atomic mass is 10.0. The van der Waals surface area contributed by atoms with Crippen molar-refractivity contribution in [1.29, 1.82) is 0 Å². The zero-order valence-electron chi connectivity index (χ0n) is 8.97. The number of nitrogens with two attached hydrogens (primary N) is 1. The van der Waals surface area contributed by atoms with Crippen molar-refractivity contribution in [3.8, 4) is 0 Å². The molecule has 0 aromatic heterocycles. The number of carbonyl (C=O) groups is 2. The second-order valence-electron chi connectivity index (χ2n) is 3.59. The Morgan fingerprint density at radius 3 is 2.29 bits per heavy atom. The quantitative estimate of drug-likeness (QED) is 0.654. The third-order valence-corrected chi connectivity index (χ3v) is 2.19. The van der Waals surface area contributed by atoms with Gasteiger partial charge in [0.15, 0.2) is 5.78 Å². The van der Waals surface area contributed by atoms with E-state index in [-0.39, 0.29) is 11.1 Å². The smallest absolute Gasteiger partial charge is 0.369 e. The number of Topliss-reactive ketones (excluding diaryl/α,β-unsaturated/α-hetero) is 1. The van der Waals surface area contributed by atoms with Gasteiger partial charge in [-0.25, -0.2) is 0 Å². The van der Waals surface area contributed by atoms with Crippen molar-refractivity contribution in [2.75, 3.05) is 0 Å². The Hall–Kier alpha value is -1.85. The Kier molecular flexibility index (Phi) is 3.55. The van der Waals surface area contributed by atoms with Crippen LogP contribution in [-0.4, -0.2) is 11.7 Å². The number of carbonyl (C=O) groups excluding carboxylic acids is 2. The molecule has 2 N–H and O–H groups in total. The molecule has 1 amide bonds. The number of benzene rings is 1. The summed E-state index contributed by atoms with van der Waals surface area (Å²) in [5, 5.41) is 0. The average Bonchev–Trinajstić information content (AvgIpc) is 2.14. The third-order valence-electron chi connectivity index (χ3n) is 2.19. The summed E-state index contributed by atoms with van der Waals surface area (Å²) in [7, 11) is 0. The van der Waals surface area contributed by atoms with E-state index in [9.17, 15) is 22.8 Å². The molecule has 6 heteroatoms. The highest BCUT2D eigenvalue weighted by molar-refractivity contribution is 6.07. The topological polar surface area (TPSA) is 60.2 Å². The largest absolute Gasteiger partial charge is 0.416 e. The fourth-order valence-corrected chi connectivity index (χ4v) is 1.42. The zero-order valence-corrected chi connectivity index (χ0v) is 8.97. The van der Waals surface area contributed by atoms with Crippen molar-refractivity contribution < 1.29 is 22.8 Å². The lowest BCUT2D eigenvalue weighted by molar-refractivity contribution is -0.138. The SMILES string of the molecule is Cc1cc(C(=O)CC(N)=O)ccc1C(F)(F)F. The van der Waals surface area contributed by atoms with Crippen molar-refractivity contribution in [1.82, 2.24) is 0 Å². The van der Waals surface area contributed by atoms with Crippen LogP contribution in [0.2, 0.25) is 0 Å². The number of primary amides is 1. The predicted octanol–water partition coefficient (Wildman–Crippen LogP) is 2.07. The molecule has 0 fully saturated rings. The Morgan fingerprint density at radius 2 is 1.88 bits per heavy atom. The molecule has 0 aliphatic rings. The van der Waals surface area contributed by atoms with E-state index in [1.165, 1.54) is 6.92 Å². The normalized spacial score (nSPS) is 11.3. The van der Waals surface area contributed by atoms with Gasteiger partial charge in [0.25, 0.3) is 0 Å². The molecule has 3 nitrogen and oxygen atoms in total. The molecule has 92 valence electrons. The molecule has 0 unspecified atom stereocenters. The molecular formula is C11H10F3NO2. The number of hydrogen-bond donors (Lipinski definition) is 1. The van der Waals surface area contributed by atoms with Gasteiger partial charge in [0.05, 0.1) is 12.0 Å². The van der Waals surface area contributed by atoms with Crippen molar-refractivity contribution in [3.63, 3.8) is 0 Å². The van der Waals surface area contributed by atoms with Gasteiger partial charge in [-0.3, -0.25) is 9.59 Å². The number of halogens is 3. The molecule has 0 bridgehead atoms. The highest BCUT2D eigenvalue weighted by Gasteiger charge is 2.32. The molecular weight excluding hydrogens is 235 g/mol. The molecule has 0 saturated carbocycles. The van der Waals surface area contributed by atoms with Crippen LogP contribution in [-0.2, 0) is 11.0 Å². The van der Waals surface area contributed by atoms with Crippen molar-refractivity contribution in [2.45, 2.75) is 19.5 Å². The molecule has 1 rings (SSSR count). The summed E-state index contributed by atoms with van der Waals surface area (Å²) in [5.74, 6) is -1.40. The Labute approximate surface area is 95.4 Å². The van der Waals surface area contributed by atoms with Gasteiger partial charge in [-0.1, -0.05) is 6.07 Å². The minimum absolute atomic E-state index is 0.0503. The average molecular weight is 245 g/mol. The summed E-state index contributed by atoms with van der Waals surface area (Å²) in [4.78, 5) is 21.9. The Balaban J connectivity index is 3.05. The van der Waals surface area contributed by atoms with E-state index in [1.54, 1.807) is 0 Å². The second kappa shape index (κ2) is 4.57. The van der Waals surface area contributed by atoms with Gasteiger partial charge in [-0.2, -0.15) is 13.2 Å². The molecule has 0 aliphatic carbocycles. The van der Waals surface area contributed by atoms with E-state index < -0.39 is 29.9 Å². The number of rotatable bonds is 3. The number of aryl methyl sites for hydroxylation is 1. The van der Waals surface area contributed by atoms with Crippen LogP contribution in [0, 0.1) is 6.92 Å². The van der Waals surface area contributed by atoms with Crippen LogP contribution in [0.4, 0.5) is 13.2 Å². The predicted molar refractivity (Wildman–Crippen MR) is 54.3 cm³/mol. The Morgan fingerprint density at radius 1 is 1.29 bits per heavy atom. The van der Waals surface area contributed by atoms with Crippen molar-refractivity contribution in [3.05, 3.63) is 34.9 Å². The summed E-state index contributed by atoms with van der Waals surface area (Å²) in [6.07, 6.45) is -4.96. The van der Waals surface area contributed by atoms with Gasteiger partial charge >= 0.3 is 6.18 Å². The van der Waals surface area contributed by atoms with E-state index in [0.29, 0.717) is 0 Å². The molecule has 0 saturated heterocycles. The van der Waals surface area contributed by atoms with Gasteiger partial charge in [0, 0.05) is 5.56 Å². The molecule has 17 heavy (non-hydrogen) atoms. The molecule has 1 aromatic carbocycles. The third kappa shape index (κ3) is 3.30. The van der Waals surface area contributed by atoms with E-state index in [0.717, 1.165) is 18.2 Å². The molecule has 0 radical (unpaired) electrons. The van der Waals surface area contributed by atoms with E-state index in [1.807, 2.05) is 0 Å². The Bertz CT molecular complexity index is 466. The second-order valence-corrected chi connectivity index (χ2v) is 3.59. The first-order chi connectivity index (χ1) is 7.71. The van der Waals surface area contributed by atoms with Crippen LogP contribution in [0.1, 0.15) is 27.9 Å². The number of hydrogen-bond acceptors (Lipinski definition) is 2. The monoisotopic (exact) mass is 245 g/mol. The first-order valence-corrected chi connectivity index (χ1v) is 4.71. The van der Waals surface area contributed by atoms with Crippen LogP contribution in [0.3, 0.4) is 0 Å². The number of ketones is 1. The highest BCUT2D eigenvalue weighted by Crippen LogP contribution is 2.32. The van der Waals surface area contributed by atoms with Crippen LogP contribution in [0.25, 0.3) is 0 Å². The van der Waals surface area contributed by atoms with Crippen LogP contribution >= 0.6 is 0 Å². The minimum atomic E-state index is -4.45. The summed E-state index contributed by atoms with van der Waals surface area (Å²) in [5.41, 5.74) is 4.02. The number of amides is 1. The first kappa shape index (κ1) is 13.2. The van der Waals surface area contributed by atoms with Crippen LogP contribution in [0.5, 0.6) is 0 Å². The molecule has 0 atom stereocenters. The van der Waals surface area contributed by atoms with Gasteiger partial charge in [-0.05, 0) is 24.6 Å².